The Morgan fingerprint density at radius 1 is 0.839 bits per heavy atom. The van der Waals surface area contributed by atoms with E-state index < -0.39 is 5.60 Å². The smallest absolute Gasteiger partial charge is 0.207 e. The highest BCUT2D eigenvalue weighted by atomic mass is 16.5. The minimum Gasteiger partial charge on any atom is -0.497 e. The predicted molar refractivity (Wildman–Crippen MR) is 122 cm³/mol. The van der Waals surface area contributed by atoms with E-state index in [1.807, 2.05) is 72.8 Å². The van der Waals surface area contributed by atoms with Crippen molar-refractivity contribution >= 4 is 22.6 Å². The molecule has 0 N–H and O–H groups in total. The summed E-state index contributed by atoms with van der Waals surface area (Å²) in [5, 5.41) is 2.24. The lowest BCUT2D eigenvalue weighted by Gasteiger charge is -2.36. The van der Waals surface area contributed by atoms with Crippen molar-refractivity contribution in [1.82, 2.24) is 0 Å². The highest BCUT2D eigenvalue weighted by Crippen LogP contribution is 2.57. The zero-order valence-corrected chi connectivity index (χ0v) is 17.0. The summed E-state index contributed by atoms with van der Waals surface area (Å²) < 4.78 is 12.1. The molecule has 6 rings (SSSR count). The summed E-state index contributed by atoms with van der Waals surface area (Å²) in [7, 11) is 1.66. The maximum Gasteiger partial charge on any atom is 0.207 e. The van der Waals surface area contributed by atoms with Gasteiger partial charge in [0.2, 0.25) is 11.4 Å². The summed E-state index contributed by atoms with van der Waals surface area (Å²) in [6, 6.07) is 28.3. The van der Waals surface area contributed by atoms with E-state index in [-0.39, 0.29) is 11.7 Å². The van der Waals surface area contributed by atoms with E-state index in [1.54, 1.807) is 13.2 Å². The molecule has 0 saturated heterocycles. The summed E-state index contributed by atoms with van der Waals surface area (Å²) in [4.78, 5) is 13.7. The number of ether oxygens (including phenoxy) is 2. The molecule has 1 heterocycles. The number of fused-ring (bicyclic) bond motifs is 5. The third kappa shape index (κ3) is 2.43. The highest BCUT2D eigenvalue weighted by molar-refractivity contribution is 6.07. The van der Waals surface area contributed by atoms with E-state index in [2.05, 4.69) is 18.2 Å². The van der Waals surface area contributed by atoms with Crippen LogP contribution in [0.4, 0.5) is 0 Å². The van der Waals surface area contributed by atoms with E-state index >= 15 is 0 Å². The minimum atomic E-state index is -1.13. The molecule has 0 amide bonds. The van der Waals surface area contributed by atoms with Crippen LogP contribution in [0.1, 0.15) is 28.2 Å². The molecule has 2 aliphatic rings. The maximum atomic E-state index is 13.7. The summed E-state index contributed by atoms with van der Waals surface area (Å²) in [6.45, 7) is 0. The average molecular weight is 404 g/mol. The van der Waals surface area contributed by atoms with Gasteiger partial charge in [-0.15, -0.1) is 0 Å². The van der Waals surface area contributed by atoms with Gasteiger partial charge in [0.15, 0.2) is 0 Å². The van der Waals surface area contributed by atoms with Crippen LogP contribution in [0.15, 0.2) is 91.0 Å². The molecule has 31 heavy (non-hydrogen) atoms. The molecule has 0 bridgehead atoms. The lowest BCUT2D eigenvalue weighted by molar-refractivity contribution is -0.130. The fourth-order valence-electron chi connectivity index (χ4n) is 5.10. The molecular weight excluding hydrogens is 384 g/mol. The van der Waals surface area contributed by atoms with Gasteiger partial charge in [0, 0.05) is 11.1 Å². The van der Waals surface area contributed by atoms with Crippen LogP contribution in [-0.4, -0.2) is 12.9 Å². The Hall–Kier alpha value is -3.85. The number of hydrogen-bond acceptors (Lipinski definition) is 3. The molecule has 1 spiro atoms. The van der Waals surface area contributed by atoms with E-state index in [9.17, 15) is 4.79 Å². The van der Waals surface area contributed by atoms with Gasteiger partial charge in [0.1, 0.15) is 11.5 Å². The second-order valence-corrected chi connectivity index (χ2v) is 8.03. The molecule has 4 aromatic rings. The number of ketones is 1. The third-order valence-electron chi connectivity index (χ3n) is 6.49. The molecule has 0 saturated carbocycles. The monoisotopic (exact) mass is 404 g/mol. The Morgan fingerprint density at radius 2 is 1.61 bits per heavy atom. The van der Waals surface area contributed by atoms with Crippen molar-refractivity contribution in [3.63, 3.8) is 0 Å². The van der Waals surface area contributed by atoms with Gasteiger partial charge in [0.05, 0.1) is 13.0 Å². The van der Waals surface area contributed by atoms with Crippen molar-refractivity contribution in [1.29, 1.82) is 0 Å². The van der Waals surface area contributed by atoms with Gasteiger partial charge in [-0.3, -0.25) is 4.79 Å². The van der Waals surface area contributed by atoms with Crippen LogP contribution in [0.2, 0.25) is 0 Å². The maximum absolute atomic E-state index is 13.7. The van der Waals surface area contributed by atoms with Gasteiger partial charge in [0.25, 0.3) is 0 Å². The first-order valence-electron chi connectivity index (χ1n) is 10.4. The van der Waals surface area contributed by atoms with Crippen molar-refractivity contribution in [2.24, 2.45) is 0 Å². The number of carbonyl (C=O) groups is 1. The van der Waals surface area contributed by atoms with E-state index in [4.69, 9.17) is 9.47 Å². The molecule has 0 aromatic heterocycles. The van der Waals surface area contributed by atoms with Crippen LogP contribution in [0.3, 0.4) is 0 Å². The Balaban J connectivity index is 1.70. The van der Waals surface area contributed by atoms with Crippen LogP contribution in [0.25, 0.3) is 16.8 Å². The fourth-order valence-corrected chi connectivity index (χ4v) is 5.10. The second-order valence-electron chi connectivity index (χ2n) is 8.03. The topological polar surface area (TPSA) is 35.5 Å². The predicted octanol–water partition coefficient (Wildman–Crippen LogP) is 5.86. The summed E-state index contributed by atoms with van der Waals surface area (Å²) in [5.74, 6) is 1.23. The van der Waals surface area contributed by atoms with Crippen LogP contribution in [-0.2, 0) is 10.4 Å². The summed E-state index contributed by atoms with van der Waals surface area (Å²) in [6.07, 6.45) is 3.55. The van der Waals surface area contributed by atoms with Gasteiger partial charge >= 0.3 is 0 Å². The van der Waals surface area contributed by atoms with Crippen molar-refractivity contribution < 1.29 is 14.3 Å². The average Bonchev–Trinajstić information content (AvgIpc) is 3.18. The van der Waals surface area contributed by atoms with Crippen molar-refractivity contribution in [3.8, 4) is 11.5 Å². The largest absolute Gasteiger partial charge is 0.497 e. The summed E-state index contributed by atoms with van der Waals surface area (Å²) in [5.41, 5.74) is 2.87. The van der Waals surface area contributed by atoms with E-state index in [0.29, 0.717) is 0 Å². The Bertz CT molecular complexity index is 1370. The number of benzene rings is 4. The number of hydrogen-bond donors (Lipinski definition) is 0. The molecule has 3 heteroatoms. The van der Waals surface area contributed by atoms with Gasteiger partial charge in [-0.1, -0.05) is 72.8 Å². The molecule has 0 unspecified atom stereocenters. The van der Waals surface area contributed by atoms with E-state index in [1.165, 1.54) is 0 Å². The zero-order valence-electron chi connectivity index (χ0n) is 17.0. The first-order valence-corrected chi connectivity index (χ1v) is 10.4. The Morgan fingerprint density at radius 3 is 2.45 bits per heavy atom. The van der Waals surface area contributed by atoms with Crippen molar-refractivity contribution in [3.05, 3.63) is 113 Å². The molecule has 150 valence electrons. The lowest BCUT2D eigenvalue weighted by atomic mass is 9.69. The third-order valence-corrected chi connectivity index (χ3v) is 6.49. The summed E-state index contributed by atoms with van der Waals surface area (Å²) >= 11 is 0. The van der Waals surface area contributed by atoms with Gasteiger partial charge < -0.3 is 9.47 Å². The van der Waals surface area contributed by atoms with E-state index in [0.717, 1.165) is 44.5 Å². The molecule has 0 fully saturated rings. The Kier molecular flexibility index (Phi) is 3.81. The number of carbonyl (C=O) groups excluding carboxylic acids is 1. The standard InChI is InChI=1S/C28H20O3/c1-30-21-14-10-20(11-15-21)27-26-22-8-4-2-6-18(22)12-16-24(26)31-28(27)23-9-5-3-7-19(23)13-17-25(28)29/h2-17,27H,1H3/t27-,28-/m0/s1. The van der Waals surface area contributed by atoms with Gasteiger partial charge in [-0.25, -0.2) is 0 Å². The second kappa shape index (κ2) is 6.58. The SMILES string of the molecule is COc1ccc([C@H]2c3c(ccc4ccccc34)O[C@@]23C(=O)C=Cc2ccccc23)cc1. The molecule has 1 aliphatic carbocycles. The number of rotatable bonds is 2. The van der Waals surface area contributed by atoms with Crippen molar-refractivity contribution in [2.45, 2.75) is 11.5 Å². The van der Waals surface area contributed by atoms with Crippen molar-refractivity contribution in [2.75, 3.05) is 7.11 Å². The zero-order chi connectivity index (χ0) is 21.0. The highest BCUT2D eigenvalue weighted by Gasteiger charge is 2.57. The minimum absolute atomic E-state index is 0.0349. The normalized spacial score (nSPS) is 21.1. The molecular formula is C28H20O3. The first-order chi connectivity index (χ1) is 15.2. The number of methoxy groups -OCH3 is 1. The lowest BCUT2D eigenvalue weighted by Crippen LogP contribution is -2.45. The Labute approximate surface area is 180 Å². The molecule has 4 aromatic carbocycles. The van der Waals surface area contributed by atoms with Crippen LogP contribution < -0.4 is 9.47 Å². The van der Waals surface area contributed by atoms with Crippen LogP contribution in [0, 0.1) is 0 Å². The van der Waals surface area contributed by atoms with Crippen LogP contribution in [0.5, 0.6) is 11.5 Å². The molecule has 0 radical (unpaired) electrons. The quantitative estimate of drug-likeness (QED) is 0.420. The molecule has 3 nitrogen and oxygen atoms in total. The fraction of sp³-hybridized carbons (Fsp3) is 0.107. The van der Waals surface area contributed by atoms with Gasteiger partial charge in [-0.05, 0) is 46.2 Å². The first kappa shape index (κ1) is 18.0. The van der Waals surface area contributed by atoms with Crippen LogP contribution >= 0.6 is 0 Å². The molecule has 2 atom stereocenters. The van der Waals surface area contributed by atoms with Gasteiger partial charge in [-0.2, -0.15) is 0 Å². The molecule has 1 aliphatic heterocycles.